The fourth-order valence-electron chi connectivity index (χ4n) is 1.71. The highest BCUT2D eigenvalue weighted by Crippen LogP contribution is 2.30. The van der Waals surface area contributed by atoms with Crippen LogP contribution >= 0.6 is 23.6 Å². The first kappa shape index (κ1) is 14.5. The summed E-state index contributed by atoms with van der Waals surface area (Å²) in [5.74, 6) is 0.742. The lowest BCUT2D eigenvalue weighted by Gasteiger charge is -2.17. The van der Waals surface area contributed by atoms with Gasteiger partial charge in [0.1, 0.15) is 0 Å². The number of nitrogens with zero attached hydrogens (tertiary/aromatic N) is 1. The first-order valence-corrected chi connectivity index (χ1v) is 7.34. The summed E-state index contributed by atoms with van der Waals surface area (Å²) >= 11 is 7.00. The van der Waals surface area contributed by atoms with Gasteiger partial charge in [0.15, 0.2) is 11.5 Å². The molecule has 4 nitrogen and oxygen atoms in total. The van der Waals surface area contributed by atoms with Gasteiger partial charge >= 0.3 is 0 Å². The van der Waals surface area contributed by atoms with E-state index in [9.17, 15) is 0 Å². The molecule has 0 unspecified atom stereocenters. The Morgan fingerprint density at radius 2 is 2.26 bits per heavy atom. The molecule has 0 aliphatic rings. The van der Waals surface area contributed by atoms with Gasteiger partial charge in [0.2, 0.25) is 0 Å². The number of anilines is 1. The third kappa shape index (κ3) is 3.33. The van der Waals surface area contributed by atoms with Gasteiger partial charge in [-0.1, -0.05) is 12.2 Å². The fraction of sp³-hybridized carbons (Fsp3) is 0.462. The largest absolute Gasteiger partial charge is 0.439 e. The number of aliphatic hydroxyl groups excluding tert-OH is 1. The number of ether oxygens (including phenoxy) is 1. The number of aryl methyl sites for hydroxylation is 1. The number of likely N-dealkylation sites (N-methyl/N-ethyl adjacent to an activating group) is 1. The van der Waals surface area contributed by atoms with Crippen LogP contribution in [-0.4, -0.2) is 38.5 Å². The van der Waals surface area contributed by atoms with E-state index in [1.54, 1.807) is 11.3 Å². The SMILES string of the molecule is Cc1csc2c(=S)cc(N(C)CCOCCO)oc12. The van der Waals surface area contributed by atoms with E-state index in [-0.39, 0.29) is 6.61 Å². The minimum Gasteiger partial charge on any atom is -0.439 e. The van der Waals surface area contributed by atoms with Crippen molar-refractivity contribution < 1.29 is 14.3 Å². The number of hydrogen-bond donors (Lipinski definition) is 1. The number of aliphatic hydroxyl groups is 1. The number of fused-ring (bicyclic) bond motifs is 1. The van der Waals surface area contributed by atoms with E-state index in [1.807, 2.05) is 24.9 Å². The van der Waals surface area contributed by atoms with Gasteiger partial charge in [0.25, 0.3) is 0 Å². The zero-order valence-corrected chi connectivity index (χ0v) is 12.6. The summed E-state index contributed by atoms with van der Waals surface area (Å²) < 4.78 is 13.0. The summed E-state index contributed by atoms with van der Waals surface area (Å²) in [5, 5.41) is 10.7. The van der Waals surface area contributed by atoms with E-state index >= 15 is 0 Å². The summed E-state index contributed by atoms with van der Waals surface area (Å²) in [6, 6.07) is 1.87. The van der Waals surface area contributed by atoms with Gasteiger partial charge in [-0.05, 0) is 12.3 Å². The molecule has 0 saturated carbocycles. The zero-order chi connectivity index (χ0) is 13.8. The number of thiophene rings is 1. The topological polar surface area (TPSA) is 45.8 Å². The van der Waals surface area contributed by atoms with Crippen molar-refractivity contribution in [2.45, 2.75) is 6.92 Å². The molecular formula is C13H17NO3S2. The van der Waals surface area contributed by atoms with Crippen LogP contribution in [0.2, 0.25) is 0 Å². The monoisotopic (exact) mass is 299 g/mol. The van der Waals surface area contributed by atoms with Crippen LogP contribution in [0.5, 0.6) is 0 Å². The second kappa shape index (κ2) is 6.47. The Balaban J connectivity index is 2.15. The van der Waals surface area contributed by atoms with E-state index in [2.05, 4.69) is 5.38 Å². The summed E-state index contributed by atoms with van der Waals surface area (Å²) in [6.45, 7) is 3.66. The highest BCUT2D eigenvalue weighted by molar-refractivity contribution is 7.72. The predicted molar refractivity (Wildman–Crippen MR) is 80.8 cm³/mol. The predicted octanol–water partition coefficient (Wildman–Crippen LogP) is 2.98. The second-order valence-corrected chi connectivity index (χ2v) is 5.60. The molecule has 2 aromatic heterocycles. The molecule has 0 amide bonds. The van der Waals surface area contributed by atoms with Crippen molar-refractivity contribution in [1.82, 2.24) is 0 Å². The Hall–Kier alpha value is -0.950. The van der Waals surface area contributed by atoms with Crippen molar-refractivity contribution >= 4 is 39.7 Å². The maximum absolute atomic E-state index is 8.64. The van der Waals surface area contributed by atoms with Crippen molar-refractivity contribution in [2.75, 3.05) is 38.3 Å². The van der Waals surface area contributed by atoms with Gasteiger partial charge in [0, 0.05) is 25.2 Å². The van der Waals surface area contributed by atoms with Crippen molar-refractivity contribution in [2.24, 2.45) is 0 Å². The first-order chi connectivity index (χ1) is 9.13. The third-order valence-corrected chi connectivity index (χ3v) is 4.35. The molecule has 0 saturated heterocycles. The molecule has 19 heavy (non-hydrogen) atoms. The first-order valence-electron chi connectivity index (χ1n) is 6.05. The van der Waals surface area contributed by atoms with Crippen LogP contribution in [0.25, 0.3) is 10.3 Å². The molecule has 6 heteroatoms. The molecule has 0 spiro atoms. The highest BCUT2D eigenvalue weighted by atomic mass is 32.1. The summed E-state index contributed by atoms with van der Waals surface area (Å²) in [5.41, 5.74) is 1.98. The lowest BCUT2D eigenvalue weighted by Crippen LogP contribution is -2.23. The average Bonchev–Trinajstić information content (AvgIpc) is 2.77. The fourth-order valence-corrected chi connectivity index (χ4v) is 2.93. The molecule has 0 aromatic carbocycles. The molecule has 0 fully saturated rings. The minimum absolute atomic E-state index is 0.0461. The Morgan fingerprint density at radius 3 is 3.00 bits per heavy atom. The van der Waals surface area contributed by atoms with Crippen LogP contribution in [0.15, 0.2) is 15.9 Å². The molecule has 2 heterocycles. The van der Waals surface area contributed by atoms with E-state index in [4.69, 9.17) is 26.5 Å². The second-order valence-electron chi connectivity index (χ2n) is 4.28. The van der Waals surface area contributed by atoms with Crippen LogP contribution in [0, 0.1) is 11.4 Å². The Morgan fingerprint density at radius 1 is 1.47 bits per heavy atom. The van der Waals surface area contributed by atoms with Crippen LogP contribution in [0.1, 0.15) is 5.56 Å². The van der Waals surface area contributed by atoms with Gasteiger partial charge in [-0.15, -0.1) is 11.3 Å². The van der Waals surface area contributed by atoms with Crippen molar-refractivity contribution in [3.05, 3.63) is 21.5 Å². The molecule has 2 aromatic rings. The summed E-state index contributed by atoms with van der Waals surface area (Å²) in [4.78, 5) is 1.96. The van der Waals surface area contributed by atoms with Crippen molar-refractivity contribution in [1.29, 1.82) is 0 Å². The standard InChI is InChI=1S/C13H17NO3S2/c1-9-8-19-13-10(18)7-11(17-12(9)13)14(2)3-5-16-6-4-15/h7-8,15H,3-6H2,1-2H3. The third-order valence-electron chi connectivity index (χ3n) is 2.79. The van der Waals surface area contributed by atoms with Crippen molar-refractivity contribution in [3.8, 4) is 0 Å². The average molecular weight is 299 g/mol. The zero-order valence-electron chi connectivity index (χ0n) is 11.0. The van der Waals surface area contributed by atoms with E-state index < -0.39 is 0 Å². The minimum atomic E-state index is 0.0461. The Labute approximate surface area is 121 Å². The van der Waals surface area contributed by atoms with E-state index in [0.717, 1.165) is 26.2 Å². The summed E-state index contributed by atoms with van der Waals surface area (Å²) in [7, 11) is 1.93. The van der Waals surface area contributed by atoms with Crippen LogP contribution < -0.4 is 4.90 Å². The molecule has 0 aliphatic heterocycles. The van der Waals surface area contributed by atoms with Gasteiger partial charge in [-0.3, -0.25) is 0 Å². The van der Waals surface area contributed by atoms with Gasteiger partial charge < -0.3 is 19.2 Å². The smallest absolute Gasteiger partial charge is 0.197 e. The van der Waals surface area contributed by atoms with Crippen LogP contribution in [-0.2, 0) is 4.74 Å². The van der Waals surface area contributed by atoms with Crippen LogP contribution in [0.3, 0.4) is 0 Å². The Kier molecular flexibility index (Phi) is 4.93. The normalized spacial score (nSPS) is 11.1. The maximum atomic E-state index is 8.64. The Bertz CT molecular complexity index is 605. The van der Waals surface area contributed by atoms with Crippen LogP contribution in [0.4, 0.5) is 5.88 Å². The molecule has 0 aliphatic carbocycles. The quantitative estimate of drug-likeness (QED) is 0.656. The molecule has 0 radical (unpaired) electrons. The lowest BCUT2D eigenvalue weighted by molar-refractivity contribution is 0.0968. The van der Waals surface area contributed by atoms with Gasteiger partial charge in [-0.25, -0.2) is 0 Å². The molecular weight excluding hydrogens is 282 g/mol. The summed E-state index contributed by atoms with van der Waals surface area (Å²) in [6.07, 6.45) is 0. The molecule has 0 bridgehead atoms. The number of rotatable bonds is 6. The lowest BCUT2D eigenvalue weighted by atomic mass is 10.3. The number of hydrogen-bond acceptors (Lipinski definition) is 6. The van der Waals surface area contributed by atoms with Gasteiger partial charge in [0.05, 0.1) is 29.0 Å². The molecule has 104 valence electrons. The molecule has 0 atom stereocenters. The highest BCUT2D eigenvalue weighted by Gasteiger charge is 2.10. The maximum Gasteiger partial charge on any atom is 0.197 e. The van der Waals surface area contributed by atoms with E-state index in [0.29, 0.717) is 19.8 Å². The van der Waals surface area contributed by atoms with E-state index in [1.165, 1.54) is 0 Å². The van der Waals surface area contributed by atoms with Gasteiger partial charge in [-0.2, -0.15) is 0 Å². The molecule has 1 N–H and O–H groups in total. The molecule has 2 rings (SSSR count). The van der Waals surface area contributed by atoms with Crippen molar-refractivity contribution in [3.63, 3.8) is 0 Å².